The maximum Gasteiger partial charge on any atom is 0.276 e. The Kier molecular flexibility index (Phi) is 4.76. The van der Waals surface area contributed by atoms with Crippen LogP contribution in [0.15, 0.2) is 23.0 Å². The molecule has 0 radical (unpaired) electrons. The zero-order valence-corrected chi connectivity index (χ0v) is 16.4. The Morgan fingerprint density at radius 1 is 1.26 bits per heavy atom. The van der Waals surface area contributed by atoms with Crippen molar-refractivity contribution < 1.29 is 4.79 Å². The fourth-order valence-electron chi connectivity index (χ4n) is 4.83. The molecule has 2 fully saturated rings. The number of aromatic nitrogens is 2. The van der Waals surface area contributed by atoms with E-state index in [9.17, 15) is 9.59 Å². The fourth-order valence-corrected chi connectivity index (χ4v) is 4.83. The number of benzene rings is 1. The number of rotatable bonds is 4. The molecule has 3 heterocycles. The molecule has 1 aromatic carbocycles. The van der Waals surface area contributed by atoms with Crippen molar-refractivity contribution in [2.24, 2.45) is 0 Å². The Balaban J connectivity index is 1.66. The SMILES string of the molecule is CCCn1nc(C(=O)NC2CC3CCC(C2)N3C)c(=O)c2cccc(C)c21. The summed E-state index contributed by atoms with van der Waals surface area (Å²) in [4.78, 5) is 28.3. The first-order chi connectivity index (χ1) is 13.0. The molecule has 1 amide bonds. The number of hydrogen-bond donors (Lipinski definition) is 1. The first-order valence-electron chi connectivity index (χ1n) is 10.0. The van der Waals surface area contributed by atoms with Gasteiger partial charge in [0.15, 0.2) is 5.69 Å². The molecule has 6 heteroatoms. The number of nitrogens with zero attached hydrogens (tertiary/aromatic N) is 3. The summed E-state index contributed by atoms with van der Waals surface area (Å²) < 4.78 is 1.82. The van der Waals surface area contributed by atoms with Crippen molar-refractivity contribution in [1.82, 2.24) is 20.0 Å². The van der Waals surface area contributed by atoms with Crippen LogP contribution in [0.1, 0.15) is 55.1 Å². The predicted molar refractivity (Wildman–Crippen MR) is 106 cm³/mol. The smallest absolute Gasteiger partial charge is 0.276 e. The molecule has 4 rings (SSSR count). The number of para-hydroxylation sites is 1. The number of amides is 1. The molecule has 1 N–H and O–H groups in total. The van der Waals surface area contributed by atoms with E-state index in [0.717, 1.165) is 30.3 Å². The number of carbonyl (C=O) groups excluding carboxylic acids is 1. The van der Waals surface area contributed by atoms with Crippen molar-refractivity contribution in [2.75, 3.05) is 7.05 Å². The highest BCUT2D eigenvalue weighted by Gasteiger charge is 2.39. The Hall–Kier alpha value is -2.21. The molecule has 2 aromatic rings. The third kappa shape index (κ3) is 3.16. The average molecular weight is 368 g/mol. The van der Waals surface area contributed by atoms with E-state index in [4.69, 9.17) is 0 Å². The normalized spacial score (nSPS) is 25.1. The average Bonchev–Trinajstić information content (AvgIpc) is 2.85. The zero-order valence-electron chi connectivity index (χ0n) is 16.4. The summed E-state index contributed by atoms with van der Waals surface area (Å²) in [5, 5.41) is 8.15. The van der Waals surface area contributed by atoms with Gasteiger partial charge < -0.3 is 10.2 Å². The number of aryl methyl sites for hydroxylation is 2. The minimum absolute atomic E-state index is 0.0211. The van der Waals surface area contributed by atoms with Crippen LogP contribution in [0.5, 0.6) is 0 Å². The lowest BCUT2D eigenvalue weighted by Gasteiger charge is -2.36. The van der Waals surface area contributed by atoms with Gasteiger partial charge in [-0.3, -0.25) is 14.3 Å². The molecule has 6 nitrogen and oxygen atoms in total. The molecule has 27 heavy (non-hydrogen) atoms. The number of carbonyl (C=O) groups is 1. The second-order valence-electron chi connectivity index (χ2n) is 8.06. The van der Waals surface area contributed by atoms with E-state index in [0.29, 0.717) is 24.0 Å². The van der Waals surface area contributed by atoms with Gasteiger partial charge in [0, 0.05) is 24.7 Å². The van der Waals surface area contributed by atoms with Crippen molar-refractivity contribution >= 4 is 16.8 Å². The Morgan fingerprint density at radius 2 is 1.96 bits per heavy atom. The van der Waals surface area contributed by atoms with Gasteiger partial charge in [-0.05, 0) is 57.7 Å². The molecule has 0 aliphatic carbocycles. The van der Waals surface area contributed by atoms with Crippen LogP contribution in [-0.2, 0) is 6.54 Å². The molecule has 1 aromatic heterocycles. The number of piperidine rings is 1. The van der Waals surface area contributed by atoms with Gasteiger partial charge in [0.2, 0.25) is 5.43 Å². The van der Waals surface area contributed by atoms with E-state index in [1.54, 1.807) is 6.07 Å². The molecule has 0 spiro atoms. The van der Waals surface area contributed by atoms with E-state index < -0.39 is 0 Å². The van der Waals surface area contributed by atoms with Crippen LogP contribution in [0, 0.1) is 6.92 Å². The third-order valence-electron chi connectivity index (χ3n) is 6.26. The monoisotopic (exact) mass is 368 g/mol. The molecule has 2 aliphatic rings. The lowest BCUT2D eigenvalue weighted by atomic mass is 9.98. The summed E-state index contributed by atoms with van der Waals surface area (Å²) in [5.41, 5.74) is 1.59. The van der Waals surface area contributed by atoms with Crippen molar-refractivity contribution in [3.63, 3.8) is 0 Å². The number of hydrogen-bond acceptors (Lipinski definition) is 4. The summed E-state index contributed by atoms with van der Waals surface area (Å²) in [6, 6.07) is 6.84. The predicted octanol–water partition coefficient (Wildman–Crippen LogP) is 2.47. The second kappa shape index (κ2) is 7.08. The standard InChI is InChI=1S/C21H28N4O2/c1-4-10-25-19-13(2)6-5-7-17(19)20(26)18(23-25)21(27)22-14-11-15-8-9-16(12-14)24(15)3/h5-7,14-16H,4,8-12H2,1-3H3,(H,22,27). The summed E-state index contributed by atoms with van der Waals surface area (Å²) >= 11 is 0. The molecular formula is C21H28N4O2. The van der Waals surface area contributed by atoms with Crippen LogP contribution in [0.25, 0.3) is 10.9 Å². The summed E-state index contributed by atoms with van der Waals surface area (Å²) in [7, 11) is 2.18. The molecule has 2 atom stereocenters. The van der Waals surface area contributed by atoms with Gasteiger partial charge in [0.25, 0.3) is 5.91 Å². The quantitative estimate of drug-likeness (QED) is 0.900. The lowest BCUT2D eigenvalue weighted by Crippen LogP contribution is -2.49. The number of fused-ring (bicyclic) bond motifs is 3. The van der Waals surface area contributed by atoms with E-state index in [1.807, 2.05) is 23.7 Å². The third-order valence-corrected chi connectivity index (χ3v) is 6.26. The topological polar surface area (TPSA) is 67.2 Å². The van der Waals surface area contributed by atoms with Crippen LogP contribution in [0.4, 0.5) is 0 Å². The summed E-state index contributed by atoms with van der Waals surface area (Å²) in [6.07, 6.45) is 5.19. The highest BCUT2D eigenvalue weighted by Crippen LogP contribution is 2.34. The molecule has 2 unspecified atom stereocenters. The lowest BCUT2D eigenvalue weighted by molar-refractivity contribution is 0.0874. The van der Waals surface area contributed by atoms with E-state index >= 15 is 0 Å². The Labute approximate surface area is 159 Å². The van der Waals surface area contributed by atoms with Crippen molar-refractivity contribution in [2.45, 2.75) is 70.6 Å². The van der Waals surface area contributed by atoms with Gasteiger partial charge in [-0.25, -0.2) is 0 Å². The Morgan fingerprint density at radius 3 is 2.63 bits per heavy atom. The van der Waals surface area contributed by atoms with Crippen LogP contribution in [-0.4, -0.2) is 45.8 Å². The molecule has 2 bridgehead atoms. The van der Waals surface area contributed by atoms with Gasteiger partial charge in [-0.1, -0.05) is 19.1 Å². The second-order valence-corrected chi connectivity index (χ2v) is 8.06. The molecule has 2 aliphatic heterocycles. The van der Waals surface area contributed by atoms with Crippen molar-refractivity contribution in [3.8, 4) is 0 Å². The maximum absolute atomic E-state index is 13.0. The van der Waals surface area contributed by atoms with Gasteiger partial charge in [-0.15, -0.1) is 0 Å². The van der Waals surface area contributed by atoms with Gasteiger partial charge >= 0.3 is 0 Å². The van der Waals surface area contributed by atoms with Crippen LogP contribution in [0.3, 0.4) is 0 Å². The molecule has 0 saturated carbocycles. The molecule has 2 saturated heterocycles. The van der Waals surface area contributed by atoms with E-state index in [1.165, 1.54) is 12.8 Å². The number of nitrogens with one attached hydrogen (secondary N) is 1. The van der Waals surface area contributed by atoms with Gasteiger partial charge in [-0.2, -0.15) is 5.10 Å². The first kappa shape index (κ1) is 18.2. The fraction of sp³-hybridized carbons (Fsp3) is 0.571. The summed E-state index contributed by atoms with van der Waals surface area (Å²) in [5.74, 6) is -0.331. The van der Waals surface area contributed by atoms with Crippen molar-refractivity contribution in [1.29, 1.82) is 0 Å². The van der Waals surface area contributed by atoms with Gasteiger partial charge in [0.05, 0.1) is 10.9 Å². The minimum Gasteiger partial charge on any atom is -0.348 e. The van der Waals surface area contributed by atoms with Gasteiger partial charge in [0.1, 0.15) is 0 Å². The largest absolute Gasteiger partial charge is 0.348 e. The van der Waals surface area contributed by atoms with Crippen molar-refractivity contribution in [3.05, 3.63) is 39.7 Å². The molecular weight excluding hydrogens is 340 g/mol. The molecule has 144 valence electrons. The van der Waals surface area contributed by atoms with Crippen LogP contribution < -0.4 is 10.7 Å². The highest BCUT2D eigenvalue weighted by molar-refractivity contribution is 5.96. The van der Waals surface area contributed by atoms with Crippen LogP contribution >= 0.6 is 0 Å². The Bertz CT molecular complexity index is 922. The maximum atomic E-state index is 13.0. The van der Waals surface area contributed by atoms with E-state index in [-0.39, 0.29) is 23.1 Å². The van der Waals surface area contributed by atoms with E-state index in [2.05, 4.69) is 29.3 Å². The zero-order chi connectivity index (χ0) is 19.1. The highest BCUT2D eigenvalue weighted by atomic mass is 16.2. The minimum atomic E-state index is -0.331. The van der Waals surface area contributed by atoms with Crippen LogP contribution in [0.2, 0.25) is 0 Å². The summed E-state index contributed by atoms with van der Waals surface area (Å²) in [6.45, 7) is 4.72. The first-order valence-corrected chi connectivity index (χ1v) is 10.0.